The fourth-order valence-corrected chi connectivity index (χ4v) is 3.99. The van der Waals surface area contributed by atoms with Crippen LogP contribution in [-0.2, 0) is 16.2 Å². The van der Waals surface area contributed by atoms with Gasteiger partial charge in [0.15, 0.2) is 0 Å². The first-order valence-electron chi connectivity index (χ1n) is 10.0. The number of amides is 1. The maximum absolute atomic E-state index is 12.2. The fraction of sp³-hybridized carbons (Fsp3) is 0.619. The molecule has 28 heavy (non-hydrogen) atoms. The molecule has 0 spiro atoms. The highest BCUT2D eigenvalue weighted by Crippen LogP contribution is 2.32. The summed E-state index contributed by atoms with van der Waals surface area (Å²) in [6.07, 6.45) is 1.62. The smallest absolute Gasteiger partial charge is 0.410 e. The second-order valence-corrected chi connectivity index (χ2v) is 15.5. The zero-order valence-corrected chi connectivity index (χ0v) is 19.0. The molecule has 2 heterocycles. The summed E-state index contributed by atoms with van der Waals surface area (Å²) < 4.78 is 13.4. The Morgan fingerprint density at radius 1 is 1.25 bits per heavy atom. The summed E-state index contributed by atoms with van der Waals surface area (Å²) in [7, 11) is -1.08. The van der Waals surface area contributed by atoms with Crippen molar-refractivity contribution in [2.24, 2.45) is 0 Å². The zero-order valence-electron chi connectivity index (χ0n) is 18.0. The minimum atomic E-state index is -1.08. The molecule has 1 aliphatic rings. The van der Waals surface area contributed by atoms with E-state index in [1.54, 1.807) is 4.90 Å². The van der Waals surface area contributed by atoms with Gasteiger partial charge < -0.3 is 18.9 Å². The molecule has 0 radical (unpaired) electrons. The quantitative estimate of drug-likeness (QED) is 0.519. The van der Waals surface area contributed by atoms with E-state index in [9.17, 15) is 4.79 Å². The summed E-state index contributed by atoms with van der Waals surface area (Å²) in [6, 6.07) is 7.42. The number of aromatic nitrogens is 2. The van der Waals surface area contributed by atoms with Gasteiger partial charge in [0.1, 0.15) is 12.3 Å². The average Bonchev–Trinajstić information content (AvgIpc) is 2.91. The molecular formula is C21H33N3O3Si. The highest BCUT2D eigenvalue weighted by atomic mass is 28.3. The molecule has 1 fully saturated rings. The Kier molecular flexibility index (Phi) is 5.86. The Labute approximate surface area is 168 Å². The SMILES string of the molecule is CC(C)(C)OC(=O)N1CC(c2cccc3c2ncn3COCC[Si](C)(C)C)C1. The van der Waals surface area contributed by atoms with Crippen LogP contribution in [0.1, 0.15) is 32.3 Å². The lowest BCUT2D eigenvalue weighted by Crippen LogP contribution is -2.50. The normalized spacial score (nSPS) is 15.7. The lowest BCUT2D eigenvalue weighted by atomic mass is 9.91. The van der Waals surface area contributed by atoms with Crippen LogP contribution in [-0.4, -0.2) is 53.9 Å². The van der Waals surface area contributed by atoms with Crippen molar-refractivity contribution < 1.29 is 14.3 Å². The molecule has 3 rings (SSSR count). The van der Waals surface area contributed by atoms with E-state index in [0.29, 0.717) is 25.7 Å². The predicted molar refractivity (Wildman–Crippen MR) is 114 cm³/mol. The Bertz CT molecular complexity index is 830. The number of carbonyl (C=O) groups excluding carboxylic acids is 1. The Morgan fingerprint density at radius 2 is 1.96 bits per heavy atom. The van der Waals surface area contributed by atoms with Crippen LogP contribution in [0, 0.1) is 0 Å². The third-order valence-electron chi connectivity index (χ3n) is 4.88. The first-order valence-corrected chi connectivity index (χ1v) is 13.7. The maximum Gasteiger partial charge on any atom is 0.410 e. The molecule has 1 amide bonds. The van der Waals surface area contributed by atoms with Crippen molar-refractivity contribution in [2.75, 3.05) is 19.7 Å². The summed E-state index contributed by atoms with van der Waals surface area (Å²) in [5.41, 5.74) is 2.82. The molecule has 6 nitrogen and oxygen atoms in total. The Balaban J connectivity index is 1.62. The predicted octanol–water partition coefficient (Wildman–Crippen LogP) is 4.68. The monoisotopic (exact) mass is 403 g/mol. The van der Waals surface area contributed by atoms with Crippen LogP contribution in [0.5, 0.6) is 0 Å². The van der Waals surface area contributed by atoms with E-state index in [0.717, 1.165) is 23.7 Å². The average molecular weight is 404 g/mol. The molecule has 0 saturated carbocycles. The first kappa shape index (κ1) is 20.9. The largest absolute Gasteiger partial charge is 0.444 e. The lowest BCUT2D eigenvalue weighted by molar-refractivity contribution is 0.00829. The number of carbonyl (C=O) groups is 1. The van der Waals surface area contributed by atoms with Crippen molar-refractivity contribution in [1.29, 1.82) is 0 Å². The Hall–Kier alpha value is -1.86. The second-order valence-electron chi connectivity index (χ2n) is 9.86. The van der Waals surface area contributed by atoms with Crippen LogP contribution in [0.15, 0.2) is 24.5 Å². The number of rotatable bonds is 6. The van der Waals surface area contributed by atoms with Gasteiger partial charge in [-0.15, -0.1) is 0 Å². The number of likely N-dealkylation sites (tertiary alicyclic amines) is 1. The van der Waals surface area contributed by atoms with E-state index in [2.05, 4.69) is 47.4 Å². The van der Waals surface area contributed by atoms with Gasteiger partial charge in [0.2, 0.25) is 0 Å². The van der Waals surface area contributed by atoms with Gasteiger partial charge in [0.25, 0.3) is 0 Å². The molecule has 1 aromatic carbocycles. The van der Waals surface area contributed by atoms with E-state index in [4.69, 9.17) is 9.47 Å². The Morgan fingerprint density at radius 3 is 2.61 bits per heavy atom. The van der Waals surface area contributed by atoms with Gasteiger partial charge in [0, 0.05) is 33.7 Å². The molecule has 0 bridgehead atoms. The number of imidazole rings is 1. The van der Waals surface area contributed by atoms with Crippen LogP contribution in [0.3, 0.4) is 0 Å². The number of benzene rings is 1. The van der Waals surface area contributed by atoms with E-state index < -0.39 is 13.7 Å². The van der Waals surface area contributed by atoms with Crippen LogP contribution in [0.25, 0.3) is 11.0 Å². The van der Waals surface area contributed by atoms with Crippen LogP contribution >= 0.6 is 0 Å². The molecule has 0 unspecified atom stereocenters. The van der Waals surface area contributed by atoms with Gasteiger partial charge in [-0.1, -0.05) is 31.8 Å². The standard InChI is InChI=1S/C21H33N3O3Si/c1-21(2,3)27-20(25)23-12-16(13-23)17-8-7-9-18-19(17)22-14-24(18)15-26-10-11-28(4,5)6/h7-9,14,16H,10-13,15H2,1-6H3. The van der Waals surface area contributed by atoms with E-state index in [-0.39, 0.29) is 6.09 Å². The van der Waals surface area contributed by atoms with Crippen molar-refractivity contribution >= 4 is 25.2 Å². The number of ether oxygens (including phenoxy) is 2. The zero-order chi connectivity index (χ0) is 20.5. The summed E-state index contributed by atoms with van der Waals surface area (Å²) in [4.78, 5) is 18.6. The van der Waals surface area contributed by atoms with Crippen LogP contribution < -0.4 is 0 Å². The highest BCUT2D eigenvalue weighted by molar-refractivity contribution is 6.76. The molecule has 1 saturated heterocycles. The first-order chi connectivity index (χ1) is 13.0. The van der Waals surface area contributed by atoms with Crippen molar-refractivity contribution in [3.63, 3.8) is 0 Å². The highest BCUT2D eigenvalue weighted by Gasteiger charge is 2.35. The number of hydrogen-bond donors (Lipinski definition) is 0. The third-order valence-corrected chi connectivity index (χ3v) is 6.59. The summed E-state index contributed by atoms with van der Waals surface area (Å²) >= 11 is 0. The van der Waals surface area contributed by atoms with Gasteiger partial charge in [0.05, 0.1) is 17.4 Å². The summed E-state index contributed by atoms with van der Waals surface area (Å²) in [6.45, 7) is 15.4. The van der Waals surface area contributed by atoms with Crippen LogP contribution in [0.4, 0.5) is 4.79 Å². The van der Waals surface area contributed by atoms with Gasteiger partial charge in [-0.2, -0.15) is 0 Å². The fourth-order valence-electron chi connectivity index (χ4n) is 3.24. The van der Waals surface area contributed by atoms with Crippen molar-refractivity contribution in [3.8, 4) is 0 Å². The number of fused-ring (bicyclic) bond motifs is 1. The molecule has 0 atom stereocenters. The number of para-hydroxylation sites is 1. The topological polar surface area (TPSA) is 56.6 Å². The molecule has 0 N–H and O–H groups in total. The lowest BCUT2D eigenvalue weighted by Gasteiger charge is -2.40. The van der Waals surface area contributed by atoms with Crippen molar-refractivity contribution in [3.05, 3.63) is 30.1 Å². The third kappa shape index (κ3) is 5.14. The molecule has 154 valence electrons. The molecule has 7 heteroatoms. The number of hydrogen-bond acceptors (Lipinski definition) is 4. The molecule has 0 aliphatic carbocycles. The van der Waals surface area contributed by atoms with Gasteiger partial charge in [-0.3, -0.25) is 0 Å². The van der Waals surface area contributed by atoms with Crippen molar-refractivity contribution in [2.45, 2.75) is 64.7 Å². The molecule has 1 aromatic heterocycles. The minimum Gasteiger partial charge on any atom is -0.444 e. The maximum atomic E-state index is 12.2. The van der Waals surface area contributed by atoms with Gasteiger partial charge in [-0.25, -0.2) is 9.78 Å². The number of nitrogens with zero attached hydrogens (tertiary/aromatic N) is 3. The molecular weight excluding hydrogens is 370 g/mol. The molecule has 1 aliphatic heterocycles. The van der Waals surface area contributed by atoms with Crippen LogP contribution in [0.2, 0.25) is 25.7 Å². The molecule has 2 aromatic rings. The van der Waals surface area contributed by atoms with Crippen molar-refractivity contribution in [1.82, 2.24) is 14.5 Å². The minimum absolute atomic E-state index is 0.239. The van der Waals surface area contributed by atoms with E-state index in [1.807, 2.05) is 27.1 Å². The van der Waals surface area contributed by atoms with Gasteiger partial charge >= 0.3 is 6.09 Å². The van der Waals surface area contributed by atoms with E-state index in [1.165, 1.54) is 5.56 Å². The van der Waals surface area contributed by atoms with Gasteiger partial charge in [-0.05, 0) is 38.4 Å². The summed E-state index contributed by atoms with van der Waals surface area (Å²) in [5, 5.41) is 0. The summed E-state index contributed by atoms with van der Waals surface area (Å²) in [5.74, 6) is 0.298. The second kappa shape index (κ2) is 7.87. The van der Waals surface area contributed by atoms with E-state index >= 15 is 0 Å².